The summed E-state index contributed by atoms with van der Waals surface area (Å²) >= 11 is 0. The van der Waals surface area contributed by atoms with Crippen LogP contribution in [0.1, 0.15) is 23.2 Å². The van der Waals surface area contributed by atoms with Crippen LogP contribution in [0.15, 0.2) is 30.5 Å². The van der Waals surface area contributed by atoms with Crippen LogP contribution in [0.2, 0.25) is 0 Å². The first kappa shape index (κ1) is 17.7. The SMILES string of the molecule is O=C1N[C@@H](Cc2cn(CCO)nn2)C(=O)N1C[C@H]1CCc2ccccc2C1. The van der Waals surface area contributed by atoms with Gasteiger partial charge >= 0.3 is 6.03 Å². The van der Waals surface area contributed by atoms with Crippen LogP contribution in [-0.2, 0) is 30.6 Å². The highest BCUT2D eigenvalue weighted by atomic mass is 16.3. The molecule has 27 heavy (non-hydrogen) atoms. The van der Waals surface area contributed by atoms with Gasteiger partial charge in [-0.15, -0.1) is 5.10 Å². The standard InChI is InChI=1S/C19H23N5O3/c25-8-7-23-12-16(21-22-23)10-17-18(26)24(19(27)20-17)11-13-5-6-14-3-1-2-4-15(14)9-13/h1-4,12-13,17,25H,5-11H2,(H,20,27)/t13-,17-/m0/s1. The lowest BCUT2D eigenvalue weighted by atomic mass is 9.83. The van der Waals surface area contributed by atoms with E-state index in [2.05, 4.69) is 33.8 Å². The third-order valence-corrected chi connectivity index (χ3v) is 5.33. The van der Waals surface area contributed by atoms with Gasteiger partial charge in [-0.1, -0.05) is 29.5 Å². The summed E-state index contributed by atoms with van der Waals surface area (Å²) in [5, 5.41) is 19.6. The molecular weight excluding hydrogens is 346 g/mol. The first-order valence-corrected chi connectivity index (χ1v) is 9.32. The molecule has 1 aliphatic carbocycles. The average Bonchev–Trinajstić information content (AvgIpc) is 3.22. The van der Waals surface area contributed by atoms with Gasteiger partial charge < -0.3 is 10.4 Å². The molecule has 0 saturated carbocycles. The van der Waals surface area contributed by atoms with Gasteiger partial charge in [0.15, 0.2) is 0 Å². The molecule has 142 valence electrons. The lowest BCUT2D eigenvalue weighted by Gasteiger charge is -2.27. The zero-order chi connectivity index (χ0) is 18.8. The number of urea groups is 1. The summed E-state index contributed by atoms with van der Waals surface area (Å²) in [5.41, 5.74) is 3.31. The molecule has 2 aliphatic rings. The van der Waals surface area contributed by atoms with Crippen molar-refractivity contribution in [2.24, 2.45) is 5.92 Å². The number of hydrogen-bond acceptors (Lipinski definition) is 5. The first-order chi connectivity index (χ1) is 13.1. The number of nitrogens with zero attached hydrogens (tertiary/aromatic N) is 4. The third kappa shape index (κ3) is 3.71. The molecule has 2 atom stereocenters. The Kier molecular flexibility index (Phi) is 4.89. The van der Waals surface area contributed by atoms with Gasteiger partial charge in [-0.25, -0.2) is 9.48 Å². The van der Waals surface area contributed by atoms with Crippen LogP contribution in [0.25, 0.3) is 0 Å². The number of aliphatic hydroxyl groups excluding tert-OH is 1. The Morgan fingerprint density at radius 1 is 1.22 bits per heavy atom. The fraction of sp³-hybridized carbons (Fsp3) is 0.474. The molecule has 8 nitrogen and oxygen atoms in total. The van der Waals surface area contributed by atoms with Crippen molar-refractivity contribution in [1.29, 1.82) is 0 Å². The lowest BCUT2D eigenvalue weighted by Crippen LogP contribution is -2.37. The van der Waals surface area contributed by atoms with Crippen LogP contribution in [0.4, 0.5) is 4.79 Å². The smallest absolute Gasteiger partial charge is 0.324 e. The molecule has 8 heteroatoms. The number of aryl methyl sites for hydroxylation is 1. The molecule has 1 aromatic carbocycles. The van der Waals surface area contributed by atoms with Crippen molar-refractivity contribution in [3.8, 4) is 0 Å². The minimum Gasteiger partial charge on any atom is -0.394 e. The fourth-order valence-corrected chi connectivity index (χ4v) is 3.93. The van der Waals surface area contributed by atoms with Crippen LogP contribution in [0.3, 0.4) is 0 Å². The summed E-state index contributed by atoms with van der Waals surface area (Å²) in [6, 6.07) is 7.44. The maximum atomic E-state index is 12.7. The van der Waals surface area contributed by atoms with E-state index in [0.29, 0.717) is 31.1 Å². The molecule has 1 aliphatic heterocycles. The number of nitrogens with one attached hydrogen (secondary N) is 1. The van der Waals surface area contributed by atoms with Gasteiger partial charge in [0, 0.05) is 19.2 Å². The molecule has 1 fully saturated rings. The number of fused-ring (bicyclic) bond motifs is 1. The van der Waals surface area contributed by atoms with E-state index in [-0.39, 0.29) is 18.5 Å². The molecule has 0 bridgehead atoms. The van der Waals surface area contributed by atoms with E-state index in [1.54, 1.807) is 6.20 Å². The summed E-state index contributed by atoms with van der Waals surface area (Å²) in [6.45, 7) is 0.778. The predicted octanol–water partition coefficient (Wildman–Crippen LogP) is 0.538. The van der Waals surface area contributed by atoms with Gasteiger partial charge in [-0.05, 0) is 36.3 Å². The van der Waals surface area contributed by atoms with E-state index in [1.165, 1.54) is 20.7 Å². The van der Waals surface area contributed by atoms with E-state index in [9.17, 15) is 9.59 Å². The molecule has 2 N–H and O–H groups in total. The van der Waals surface area contributed by atoms with Crippen molar-refractivity contribution in [2.45, 2.75) is 38.3 Å². The second-order valence-electron chi connectivity index (χ2n) is 7.23. The molecule has 3 amide bonds. The summed E-state index contributed by atoms with van der Waals surface area (Å²) in [7, 11) is 0. The molecule has 2 aromatic rings. The van der Waals surface area contributed by atoms with Crippen LogP contribution in [0, 0.1) is 5.92 Å². The summed E-state index contributed by atoms with van der Waals surface area (Å²) in [6.07, 6.45) is 4.86. The van der Waals surface area contributed by atoms with E-state index >= 15 is 0 Å². The Balaban J connectivity index is 1.38. The number of carbonyl (C=O) groups is 2. The zero-order valence-corrected chi connectivity index (χ0v) is 15.0. The van der Waals surface area contributed by atoms with E-state index in [4.69, 9.17) is 5.11 Å². The van der Waals surface area contributed by atoms with Crippen LogP contribution in [-0.4, -0.2) is 56.1 Å². The van der Waals surface area contributed by atoms with Crippen LogP contribution in [0.5, 0.6) is 0 Å². The van der Waals surface area contributed by atoms with Crippen molar-refractivity contribution in [3.63, 3.8) is 0 Å². The van der Waals surface area contributed by atoms with Crippen molar-refractivity contribution >= 4 is 11.9 Å². The molecule has 4 rings (SSSR count). The maximum absolute atomic E-state index is 12.7. The predicted molar refractivity (Wildman–Crippen MR) is 96.8 cm³/mol. The van der Waals surface area contributed by atoms with E-state index in [1.807, 2.05) is 6.07 Å². The highest BCUT2D eigenvalue weighted by Crippen LogP contribution is 2.27. The van der Waals surface area contributed by atoms with Gasteiger partial charge in [0.1, 0.15) is 6.04 Å². The van der Waals surface area contributed by atoms with Crippen LogP contribution < -0.4 is 5.32 Å². The maximum Gasteiger partial charge on any atom is 0.324 e. The molecule has 1 saturated heterocycles. The van der Waals surface area contributed by atoms with Crippen molar-refractivity contribution in [1.82, 2.24) is 25.2 Å². The van der Waals surface area contributed by atoms with Crippen LogP contribution >= 0.6 is 0 Å². The van der Waals surface area contributed by atoms with Gasteiger partial charge in [0.05, 0.1) is 18.8 Å². The number of aliphatic hydroxyl groups is 1. The highest BCUT2D eigenvalue weighted by Gasteiger charge is 2.39. The highest BCUT2D eigenvalue weighted by molar-refractivity contribution is 6.04. The number of hydrogen-bond donors (Lipinski definition) is 2. The molecule has 2 heterocycles. The van der Waals surface area contributed by atoms with Crippen molar-refractivity contribution in [3.05, 3.63) is 47.3 Å². The summed E-state index contributed by atoms with van der Waals surface area (Å²) < 4.78 is 1.52. The van der Waals surface area contributed by atoms with E-state index in [0.717, 1.165) is 19.3 Å². The van der Waals surface area contributed by atoms with Gasteiger partial charge in [-0.2, -0.15) is 0 Å². The Bertz CT molecular complexity index is 849. The number of imide groups is 1. The molecule has 0 radical (unpaired) electrons. The van der Waals surface area contributed by atoms with E-state index < -0.39 is 6.04 Å². The fourth-order valence-electron chi connectivity index (χ4n) is 3.93. The Morgan fingerprint density at radius 3 is 2.85 bits per heavy atom. The lowest BCUT2D eigenvalue weighted by molar-refractivity contribution is -0.127. The van der Waals surface area contributed by atoms with Gasteiger partial charge in [-0.3, -0.25) is 9.69 Å². The molecule has 1 aromatic heterocycles. The topological polar surface area (TPSA) is 100 Å². The third-order valence-electron chi connectivity index (χ3n) is 5.33. The van der Waals surface area contributed by atoms with Gasteiger partial charge in [0.25, 0.3) is 5.91 Å². The minimum absolute atomic E-state index is 0.0276. The Morgan fingerprint density at radius 2 is 2.04 bits per heavy atom. The second kappa shape index (κ2) is 7.48. The van der Waals surface area contributed by atoms with Crippen molar-refractivity contribution < 1.29 is 14.7 Å². The number of aromatic nitrogens is 3. The number of rotatable bonds is 6. The average molecular weight is 369 g/mol. The monoisotopic (exact) mass is 369 g/mol. The first-order valence-electron chi connectivity index (χ1n) is 9.32. The number of amides is 3. The molecular formula is C19H23N5O3. The number of benzene rings is 1. The molecule has 0 unspecified atom stereocenters. The normalized spacial score (nSPS) is 22.0. The quantitative estimate of drug-likeness (QED) is 0.724. The Labute approximate surface area is 157 Å². The molecule has 0 spiro atoms. The summed E-state index contributed by atoms with van der Waals surface area (Å²) in [4.78, 5) is 26.4. The second-order valence-corrected chi connectivity index (χ2v) is 7.23. The number of carbonyl (C=O) groups excluding carboxylic acids is 2. The largest absolute Gasteiger partial charge is 0.394 e. The van der Waals surface area contributed by atoms with Crippen molar-refractivity contribution in [2.75, 3.05) is 13.2 Å². The minimum atomic E-state index is -0.604. The summed E-state index contributed by atoms with van der Waals surface area (Å²) in [5.74, 6) is 0.0920. The zero-order valence-electron chi connectivity index (χ0n) is 15.0. The van der Waals surface area contributed by atoms with Gasteiger partial charge in [0.2, 0.25) is 0 Å². The Hall–Kier alpha value is -2.74.